The van der Waals surface area contributed by atoms with Gasteiger partial charge >= 0.3 is 0 Å². The number of hydrogen-bond donors (Lipinski definition) is 1. The van der Waals surface area contributed by atoms with Gasteiger partial charge in [0.15, 0.2) is 0 Å². The minimum absolute atomic E-state index is 0.192. The van der Waals surface area contributed by atoms with E-state index >= 15 is 0 Å². The molecule has 0 amide bonds. The summed E-state index contributed by atoms with van der Waals surface area (Å²) in [7, 11) is 0. The van der Waals surface area contributed by atoms with Crippen LogP contribution in [0.2, 0.25) is 0 Å². The Hall–Kier alpha value is -0.510. The van der Waals surface area contributed by atoms with Crippen molar-refractivity contribution >= 4 is 12.6 Å². The number of aromatic nitrogens is 3. The molecular weight excluding hydrogens is 158 g/mol. The van der Waals surface area contributed by atoms with Crippen molar-refractivity contribution in [2.45, 2.75) is 31.6 Å². The Morgan fingerprint density at radius 1 is 1.64 bits per heavy atom. The second-order valence-corrected chi connectivity index (χ2v) is 3.10. The molecule has 0 saturated heterocycles. The van der Waals surface area contributed by atoms with Crippen LogP contribution >= 0.6 is 12.6 Å². The number of thiol groups is 1. The van der Waals surface area contributed by atoms with Crippen molar-refractivity contribution in [2.24, 2.45) is 0 Å². The van der Waals surface area contributed by atoms with E-state index in [-0.39, 0.29) is 5.37 Å². The molecule has 0 saturated carbocycles. The second-order valence-electron chi connectivity index (χ2n) is 2.51. The van der Waals surface area contributed by atoms with Gasteiger partial charge in [0.05, 0.1) is 11.6 Å². The van der Waals surface area contributed by atoms with Gasteiger partial charge in [-0.15, -0.1) is 5.10 Å². The Bertz CT molecular complexity index is 186. The highest BCUT2D eigenvalue weighted by atomic mass is 32.1. The highest BCUT2D eigenvalue weighted by Gasteiger charge is 2.03. The smallest absolute Gasteiger partial charge is 0.0960 e. The summed E-state index contributed by atoms with van der Waals surface area (Å²) in [5.74, 6) is 0. The van der Waals surface area contributed by atoms with Crippen molar-refractivity contribution in [3.8, 4) is 0 Å². The fourth-order valence-corrected chi connectivity index (χ4v) is 1.20. The van der Waals surface area contributed by atoms with Crippen molar-refractivity contribution in [1.82, 2.24) is 15.0 Å². The molecule has 0 aromatic carbocycles. The molecule has 1 aromatic heterocycles. The normalized spacial score (nSPS) is 13.3. The molecule has 1 rings (SSSR count). The fraction of sp³-hybridized carbons (Fsp3) is 0.714. The summed E-state index contributed by atoms with van der Waals surface area (Å²) in [6.45, 7) is 2.17. The molecule has 0 N–H and O–H groups in total. The molecule has 0 bridgehead atoms. The second kappa shape index (κ2) is 4.38. The van der Waals surface area contributed by atoms with Crippen LogP contribution in [0.5, 0.6) is 0 Å². The highest BCUT2D eigenvalue weighted by molar-refractivity contribution is 7.80. The van der Waals surface area contributed by atoms with Crippen molar-refractivity contribution in [3.05, 3.63) is 12.4 Å². The van der Waals surface area contributed by atoms with Crippen LogP contribution in [0.25, 0.3) is 0 Å². The minimum atomic E-state index is 0.192. The third-order valence-corrected chi connectivity index (χ3v) is 2.06. The topological polar surface area (TPSA) is 30.7 Å². The Kier molecular flexibility index (Phi) is 3.42. The molecule has 3 nitrogen and oxygen atoms in total. The Morgan fingerprint density at radius 2 is 2.45 bits per heavy atom. The molecule has 1 unspecified atom stereocenters. The van der Waals surface area contributed by atoms with Crippen LogP contribution in [0.3, 0.4) is 0 Å². The van der Waals surface area contributed by atoms with Gasteiger partial charge in [-0.25, -0.2) is 4.68 Å². The summed E-state index contributed by atoms with van der Waals surface area (Å²) in [6, 6.07) is 0. The molecule has 0 aliphatic heterocycles. The summed E-state index contributed by atoms with van der Waals surface area (Å²) in [5, 5.41) is 7.77. The first-order valence-electron chi connectivity index (χ1n) is 3.88. The largest absolute Gasteiger partial charge is 0.240 e. The molecule has 0 radical (unpaired) electrons. The third-order valence-electron chi connectivity index (χ3n) is 1.56. The van der Waals surface area contributed by atoms with E-state index in [9.17, 15) is 0 Å². The maximum absolute atomic E-state index is 4.38. The van der Waals surface area contributed by atoms with Crippen LogP contribution in [0.1, 0.15) is 31.6 Å². The number of unbranched alkanes of at least 4 members (excludes halogenated alkanes) is 1. The lowest BCUT2D eigenvalue weighted by Crippen LogP contribution is -2.03. The average molecular weight is 171 g/mol. The van der Waals surface area contributed by atoms with Gasteiger partial charge in [0.25, 0.3) is 0 Å². The van der Waals surface area contributed by atoms with E-state index < -0.39 is 0 Å². The number of rotatable bonds is 4. The maximum atomic E-state index is 4.38. The minimum Gasteiger partial charge on any atom is -0.240 e. The number of nitrogens with zero attached hydrogens (tertiary/aromatic N) is 3. The van der Waals surface area contributed by atoms with Crippen molar-refractivity contribution in [1.29, 1.82) is 0 Å². The molecule has 11 heavy (non-hydrogen) atoms. The van der Waals surface area contributed by atoms with Gasteiger partial charge in [0, 0.05) is 6.20 Å². The zero-order valence-electron chi connectivity index (χ0n) is 6.64. The van der Waals surface area contributed by atoms with E-state index in [2.05, 4.69) is 29.9 Å². The first kappa shape index (κ1) is 8.59. The molecule has 0 aliphatic carbocycles. The Labute approximate surface area is 72.2 Å². The number of hydrogen-bond acceptors (Lipinski definition) is 3. The Balaban J connectivity index is 2.36. The monoisotopic (exact) mass is 171 g/mol. The molecule has 4 heteroatoms. The van der Waals surface area contributed by atoms with Crippen molar-refractivity contribution in [3.63, 3.8) is 0 Å². The SMILES string of the molecule is CCCCC(S)n1ccnn1. The van der Waals surface area contributed by atoms with Gasteiger partial charge < -0.3 is 0 Å². The first-order chi connectivity index (χ1) is 5.34. The predicted molar refractivity (Wildman–Crippen MR) is 47.6 cm³/mol. The zero-order valence-corrected chi connectivity index (χ0v) is 7.54. The van der Waals surface area contributed by atoms with Crippen LogP contribution in [0.15, 0.2) is 12.4 Å². The van der Waals surface area contributed by atoms with E-state index in [0.29, 0.717) is 0 Å². The fourth-order valence-electron chi connectivity index (χ4n) is 0.895. The molecule has 0 aliphatic rings. The van der Waals surface area contributed by atoms with E-state index in [0.717, 1.165) is 6.42 Å². The Morgan fingerprint density at radius 3 is 3.00 bits per heavy atom. The summed E-state index contributed by atoms with van der Waals surface area (Å²) >= 11 is 4.38. The molecule has 0 fully saturated rings. The highest BCUT2D eigenvalue weighted by Crippen LogP contribution is 2.16. The standard InChI is InChI=1S/C7H13N3S/c1-2-3-4-7(11)10-6-5-8-9-10/h5-7,11H,2-4H2,1H3. The van der Waals surface area contributed by atoms with Crippen molar-refractivity contribution in [2.75, 3.05) is 0 Å². The van der Waals surface area contributed by atoms with E-state index in [1.54, 1.807) is 10.9 Å². The first-order valence-corrected chi connectivity index (χ1v) is 4.40. The van der Waals surface area contributed by atoms with Gasteiger partial charge in [-0.1, -0.05) is 25.0 Å². The lowest BCUT2D eigenvalue weighted by Gasteiger charge is -2.08. The van der Waals surface area contributed by atoms with E-state index in [1.165, 1.54) is 12.8 Å². The summed E-state index contributed by atoms with van der Waals surface area (Å²) in [4.78, 5) is 0. The van der Waals surface area contributed by atoms with Gasteiger partial charge in [-0.2, -0.15) is 12.6 Å². The van der Waals surface area contributed by atoms with Gasteiger partial charge in [0.1, 0.15) is 0 Å². The van der Waals surface area contributed by atoms with Crippen LogP contribution in [-0.2, 0) is 0 Å². The van der Waals surface area contributed by atoms with Crippen LogP contribution in [-0.4, -0.2) is 15.0 Å². The quantitative estimate of drug-likeness (QED) is 0.701. The molecule has 0 spiro atoms. The predicted octanol–water partition coefficient (Wildman–Crippen LogP) is 1.90. The van der Waals surface area contributed by atoms with E-state index in [1.807, 2.05) is 6.20 Å². The van der Waals surface area contributed by atoms with Gasteiger partial charge in [-0.05, 0) is 6.42 Å². The van der Waals surface area contributed by atoms with Gasteiger partial charge in [0.2, 0.25) is 0 Å². The van der Waals surface area contributed by atoms with Crippen LogP contribution < -0.4 is 0 Å². The zero-order chi connectivity index (χ0) is 8.10. The maximum Gasteiger partial charge on any atom is 0.0960 e. The van der Waals surface area contributed by atoms with Crippen LogP contribution in [0.4, 0.5) is 0 Å². The lowest BCUT2D eigenvalue weighted by atomic mass is 10.2. The summed E-state index contributed by atoms with van der Waals surface area (Å²) < 4.78 is 1.78. The molecule has 1 heterocycles. The average Bonchev–Trinajstić information content (AvgIpc) is 2.52. The van der Waals surface area contributed by atoms with Crippen molar-refractivity contribution < 1.29 is 0 Å². The molecule has 1 aromatic rings. The van der Waals surface area contributed by atoms with E-state index in [4.69, 9.17) is 0 Å². The summed E-state index contributed by atoms with van der Waals surface area (Å²) in [5.41, 5.74) is 0. The summed E-state index contributed by atoms with van der Waals surface area (Å²) in [6.07, 6.45) is 6.96. The van der Waals surface area contributed by atoms with Gasteiger partial charge in [-0.3, -0.25) is 0 Å². The van der Waals surface area contributed by atoms with Crippen LogP contribution in [0, 0.1) is 0 Å². The molecular formula is C7H13N3S. The third kappa shape index (κ3) is 2.54. The lowest BCUT2D eigenvalue weighted by molar-refractivity contribution is 0.526. The molecule has 62 valence electrons. The molecule has 1 atom stereocenters.